The van der Waals surface area contributed by atoms with Crippen LogP contribution in [0.3, 0.4) is 0 Å². The predicted molar refractivity (Wildman–Crippen MR) is 64.5 cm³/mol. The fourth-order valence-corrected chi connectivity index (χ4v) is 2.57. The Balaban J connectivity index is 1.92. The molecule has 7 nitrogen and oxygen atoms in total. The molecule has 0 aromatic carbocycles. The zero-order valence-corrected chi connectivity index (χ0v) is 10.6. The van der Waals surface area contributed by atoms with Crippen LogP contribution in [0.15, 0.2) is 0 Å². The number of carboxylic acids is 2. The third-order valence-electron chi connectivity index (χ3n) is 3.90. The number of rotatable bonds is 4. The Morgan fingerprint density at radius 2 is 1.63 bits per heavy atom. The predicted octanol–water partition coefficient (Wildman–Crippen LogP) is -0.674. The van der Waals surface area contributed by atoms with Crippen LogP contribution in [-0.2, 0) is 14.4 Å². The summed E-state index contributed by atoms with van der Waals surface area (Å²) in [6.07, 6.45) is 1.30. The number of hydrogen-bond acceptors (Lipinski definition) is 4. The molecule has 0 aromatic heterocycles. The Bertz CT molecular complexity index is 394. The van der Waals surface area contributed by atoms with Crippen LogP contribution in [0.1, 0.15) is 12.8 Å². The Kier molecular flexibility index (Phi) is 4.04. The standard InChI is InChI=1S/C12H18N2O5/c15-10(14-3-1-4-14)7-13-5-2-8(11(16)17)9(6-13)12(18)19/h8-9H,1-7H2,(H,16,17)(H,18,19). The van der Waals surface area contributed by atoms with Gasteiger partial charge in [0.15, 0.2) is 0 Å². The minimum Gasteiger partial charge on any atom is -0.481 e. The summed E-state index contributed by atoms with van der Waals surface area (Å²) in [5.41, 5.74) is 0. The van der Waals surface area contributed by atoms with E-state index in [0.717, 1.165) is 19.5 Å². The summed E-state index contributed by atoms with van der Waals surface area (Å²) in [6.45, 7) is 2.32. The van der Waals surface area contributed by atoms with E-state index in [4.69, 9.17) is 10.2 Å². The Hall–Kier alpha value is -1.63. The van der Waals surface area contributed by atoms with Crippen LogP contribution in [0, 0.1) is 11.8 Å². The van der Waals surface area contributed by atoms with Crippen molar-refractivity contribution in [2.24, 2.45) is 11.8 Å². The molecule has 2 unspecified atom stereocenters. The molecule has 2 N–H and O–H groups in total. The minimum atomic E-state index is -1.10. The van der Waals surface area contributed by atoms with Crippen molar-refractivity contribution in [3.63, 3.8) is 0 Å². The smallest absolute Gasteiger partial charge is 0.308 e. The van der Waals surface area contributed by atoms with Gasteiger partial charge >= 0.3 is 11.9 Å². The molecule has 2 atom stereocenters. The molecular formula is C12H18N2O5. The SMILES string of the molecule is O=C(O)C1CCN(CC(=O)N2CCC2)CC1C(=O)O. The molecule has 0 spiro atoms. The number of carbonyl (C=O) groups excluding carboxylic acids is 1. The first-order valence-electron chi connectivity index (χ1n) is 6.45. The van der Waals surface area contributed by atoms with Crippen LogP contribution in [0.25, 0.3) is 0 Å². The topological polar surface area (TPSA) is 98.2 Å². The van der Waals surface area contributed by atoms with Crippen LogP contribution in [0.2, 0.25) is 0 Å². The summed E-state index contributed by atoms with van der Waals surface area (Å²) in [7, 11) is 0. The van der Waals surface area contributed by atoms with E-state index in [1.165, 1.54) is 0 Å². The molecule has 2 fully saturated rings. The number of carboxylic acid groups (broad SMARTS) is 2. The highest BCUT2D eigenvalue weighted by Gasteiger charge is 2.39. The third-order valence-corrected chi connectivity index (χ3v) is 3.90. The van der Waals surface area contributed by atoms with Crippen LogP contribution in [0.4, 0.5) is 0 Å². The number of amides is 1. The molecule has 2 aliphatic heterocycles. The Morgan fingerprint density at radius 1 is 1.00 bits per heavy atom. The Morgan fingerprint density at radius 3 is 2.11 bits per heavy atom. The number of hydrogen-bond donors (Lipinski definition) is 2. The molecule has 2 rings (SSSR count). The molecule has 19 heavy (non-hydrogen) atoms. The third kappa shape index (κ3) is 3.04. The van der Waals surface area contributed by atoms with Crippen LogP contribution in [0.5, 0.6) is 0 Å². The molecule has 7 heteroatoms. The van der Waals surface area contributed by atoms with Crippen molar-refractivity contribution in [2.75, 3.05) is 32.7 Å². The highest BCUT2D eigenvalue weighted by atomic mass is 16.4. The molecule has 1 amide bonds. The van der Waals surface area contributed by atoms with Crippen LogP contribution >= 0.6 is 0 Å². The van der Waals surface area contributed by atoms with Crippen molar-refractivity contribution in [1.82, 2.24) is 9.80 Å². The van der Waals surface area contributed by atoms with Gasteiger partial charge in [-0.15, -0.1) is 0 Å². The first kappa shape index (κ1) is 13.8. The van der Waals surface area contributed by atoms with Crippen molar-refractivity contribution < 1.29 is 24.6 Å². The minimum absolute atomic E-state index is 0.00386. The van der Waals surface area contributed by atoms with E-state index in [-0.39, 0.29) is 25.4 Å². The summed E-state index contributed by atoms with van der Waals surface area (Å²) in [6, 6.07) is 0. The van der Waals surface area contributed by atoms with Gasteiger partial charge in [0.1, 0.15) is 0 Å². The fraction of sp³-hybridized carbons (Fsp3) is 0.750. The van der Waals surface area contributed by atoms with Gasteiger partial charge in [-0.2, -0.15) is 0 Å². The summed E-state index contributed by atoms with van der Waals surface area (Å²) in [4.78, 5) is 37.4. The van der Waals surface area contributed by atoms with E-state index in [2.05, 4.69) is 0 Å². The van der Waals surface area contributed by atoms with Crippen molar-refractivity contribution in [3.05, 3.63) is 0 Å². The average Bonchev–Trinajstić information content (AvgIpc) is 2.25. The summed E-state index contributed by atoms with van der Waals surface area (Å²) >= 11 is 0. The second-order valence-corrected chi connectivity index (χ2v) is 5.15. The lowest BCUT2D eigenvalue weighted by Gasteiger charge is -2.37. The van der Waals surface area contributed by atoms with Crippen molar-refractivity contribution in [1.29, 1.82) is 0 Å². The first-order chi connectivity index (χ1) is 8.99. The highest BCUT2D eigenvalue weighted by Crippen LogP contribution is 2.24. The van der Waals surface area contributed by atoms with Gasteiger partial charge in [-0.25, -0.2) is 0 Å². The lowest BCUT2D eigenvalue weighted by atomic mass is 9.85. The first-order valence-corrected chi connectivity index (χ1v) is 6.45. The van der Waals surface area contributed by atoms with Gasteiger partial charge in [-0.05, 0) is 19.4 Å². The quantitative estimate of drug-likeness (QED) is 0.703. The van der Waals surface area contributed by atoms with E-state index < -0.39 is 23.8 Å². The molecule has 0 aromatic rings. The molecular weight excluding hydrogens is 252 g/mol. The number of likely N-dealkylation sites (tertiary alicyclic amines) is 2. The van der Waals surface area contributed by atoms with Crippen LogP contribution in [-0.4, -0.2) is 70.6 Å². The van der Waals surface area contributed by atoms with Gasteiger partial charge in [0.2, 0.25) is 5.91 Å². The molecule has 0 bridgehead atoms. The van der Waals surface area contributed by atoms with Gasteiger partial charge in [0, 0.05) is 19.6 Å². The maximum atomic E-state index is 11.8. The lowest BCUT2D eigenvalue weighted by molar-refractivity contribution is -0.157. The summed E-state index contributed by atoms with van der Waals surface area (Å²) in [5.74, 6) is -3.96. The van der Waals surface area contributed by atoms with Crippen LogP contribution < -0.4 is 0 Å². The van der Waals surface area contributed by atoms with E-state index in [1.54, 1.807) is 9.80 Å². The number of carbonyl (C=O) groups is 3. The molecule has 0 aliphatic carbocycles. The molecule has 0 radical (unpaired) electrons. The number of nitrogens with zero attached hydrogens (tertiary/aromatic N) is 2. The van der Waals surface area contributed by atoms with E-state index in [0.29, 0.717) is 6.54 Å². The van der Waals surface area contributed by atoms with Gasteiger partial charge in [-0.3, -0.25) is 19.3 Å². The average molecular weight is 270 g/mol. The second-order valence-electron chi connectivity index (χ2n) is 5.15. The Labute approximate surface area is 110 Å². The lowest BCUT2D eigenvalue weighted by Crippen LogP contribution is -2.52. The van der Waals surface area contributed by atoms with Crippen molar-refractivity contribution in [3.8, 4) is 0 Å². The van der Waals surface area contributed by atoms with Gasteiger partial charge in [-0.1, -0.05) is 0 Å². The number of piperidine rings is 1. The highest BCUT2D eigenvalue weighted by molar-refractivity contribution is 5.81. The zero-order valence-electron chi connectivity index (χ0n) is 10.6. The normalized spacial score (nSPS) is 27.7. The van der Waals surface area contributed by atoms with Gasteiger partial charge < -0.3 is 15.1 Å². The largest absolute Gasteiger partial charge is 0.481 e. The molecule has 106 valence electrons. The van der Waals surface area contributed by atoms with Gasteiger partial charge in [0.25, 0.3) is 0 Å². The molecule has 2 heterocycles. The zero-order chi connectivity index (χ0) is 14.0. The molecule has 2 saturated heterocycles. The molecule has 2 aliphatic rings. The monoisotopic (exact) mass is 270 g/mol. The maximum Gasteiger partial charge on any atom is 0.308 e. The van der Waals surface area contributed by atoms with E-state index >= 15 is 0 Å². The van der Waals surface area contributed by atoms with E-state index in [9.17, 15) is 14.4 Å². The van der Waals surface area contributed by atoms with E-state index in [1.807, 2.05) is 0 Å². The van der Waals surface area contributed by atoms with Gasteiger partial charge in [0.05, 0.1) is 18.4 Å². The fourth-order valence-electron chi connectivity index (χ4n) is 2.57. The van der Waals surface area contributed by atoms with Crippen molar-refractivity contribution in [2.45, 2.75) is 12.8 Å². The second kappa shape index (κ2) is 5.56. The summed E-state index contributed by atoms with van der Waals surface area (Å²) in [5, 5.41) is 18.1. The summed E-state index contributed by atoms with van der Waals surface area (Å²) < 4.78 is 0. The maximum absolute atomic E-state index is 11.8. The molecule has 0 saturated carbocycles. The van der Waals surface area contributed by atoms with Crippen molar-refractivity contribution >= 4 is 17.8 Å². The number of aliphatic carboxylic acids is 2.